The molecule has 0 aliphatic rings. The van der Waals surface area contributed by atoms with Crippen LogP contribution in [0, 0.1) is 6.92 Å². The summed E-state index contributed by atoms with van der Waals surface area (Å²) in [5.41, 5.74) is 4.55. The monoisotopic (exact) mass is 344 g/mol. The summed E-state index contributed by atoms with van der Waals surface area (Å²) in [5, 5.41) is 3.91. The van der Waals surface area contributed by atoms with E-state index in [9.17, 15) is 4.79 Å². The first-order valence-corrected chi connectivity index (χ1v) is 8.85. The molecule has 0 atom stereocenters. The van der Waals surface area contributed by atoms with Gasteiger partial charge in [0.05, 0.1) is 10.2 Å². The summed E-state index contributed by atoms with van der Waals surface area (Å²) in [6, 6.07) is 23.4. The molecule has 3 aromatic carbocycles. The summed E-state index contributed by atoms with van der Waals surface area (Å²) in [7, 11) is 0. The third-order valence-corrected chi connectivity index (χ3v) is 5.06. The summed E-state index contributed by atoms with van der Waals surface area (Å²) in [6.07, 6.45) is 0. The van der Waals surface area contributed by atoms with E-state index in [4.69, 9.17) is 0 Å². The number of aryl methyl sites for hydroxylation is 1. The Morgan fingerprint density at radius 3 is 2.56 bits per heavy atom. The second-order valence-electron chi connectivity index (χ2n) is 5.89. The lowest BCUT2D eigenvalue weighted by Gasteiger charge is -2.07. The van der Waals surface area contributed by atoms with E-state index in [1.165, 1.54) is 0 Å². The van der Waals surface area contributed by atoms with Gasteiger partial charge in [-0.05, 0) is 43.3 Å². The zero-order valence-corrected chi connectivity index (χ0v) is 14.5. The Morgan fingerprint density at radius 1 is 0.960 bits per heavy atom. The average Bonchev–Trinajstić information content (AvgIpc) is 3.07. The second-order valence-corrected chi connectivity index (χ2v) is 6.92. The number of nitrogens with one attached hydrogen (secondary N) is 1. The Labute approximate surface area is 150 Å². The number of para-hydroxylation sites is 1. The van der Waals surface area contributed by atoms with Crippen molar-refractivity contribution in [3.8, 4) is 10.6 Å². The molecule has 0 aliphatic heterocycles. The highest BCUT2D eigenvalue weighted by atomic mass is 32.1. The molecular weight excluding hydrogens is 328 g/mol. The third kappa shape index (κ3) is 3.30. The number of fused-ring (bicyclic) bond motifs is 1. The van der Waals surface area contributed by atoms with Gasteiger partial charge in [0.1, 0.15) is 5.01 Å². The number of nitrogens with zero attached hydrogens (tertiary/aromatic N) is 1. The van der Waals surface area contributed by atoms with E-state index in [2.05, 4.69) is 16.4 Å². The number of hydrogen-bond acceptors (Lipinski definition) is 3. The summed E-state index contributed by atoms with van der Waals surface area (Å²) in [6.45, 7) is 2.00. The van der Waals surface area contributed by atoms with E-state index in [0.29, 0.717) is 5.56 Å². The van der Waals surface area contributed by atoms with Crippen LogP contribution in [0.5, 0.6) is 0 Å². The van der Waals surface area contributed by atoms with Crippen molar-refractivity contribution in [2.75, 3.05) is 5.32 Å². The molecule has 25 heavy (non-hydrogen) atoms. The quantitative estimate of drug-likeness (QED) is 0.531. The standard InChI is InChI=1S/C21H16N2OS/c1-14-9-11-15(12-10-14)20(24)22-17-6-4-5-16(13-17)21-23-18-7-2-3-8-19(18)25-21/h2-13H,1H3,(H,22,24). The van der Waals surface area contributed by atoms with Gasteiger partial charge in [-0.25, -0.2) is 4.98 Å². The van der Waals surface area contributed by atoms with Gasteiger partial charge in [0.15, 0.2) is 0 Å². The number of benzene rings is 3. The fourth-order valence-electron chi connectivity index (χ4n) is 2.63. The molecule has 1 amide bonds. The van der Waals surface area contributed by atoms with Gasteiger partial charge in [0.25, 0.3) is 5.91 Å². The Kier molecular flexibility index (Phi) is 4.04. The lowest BCUT2D eigenvalue weighted by molar-refractivity contribution is 0.102. The Morgan fingerprint density at radius 2 is 1.76 bits per heavy atom. The van der Waals surface area contributed by atoms with Crippen LogP contribution in [0.15, 0.2) is 72.8 Å². The molecule has 0 spiro atoms. The molecule has 0 fully saturated rings. The number of hydrogen-bond donors (Lipinski definition) is 1. The smallest absolute Gasteiger partial charge is 0.255 e. The number of amides is 1. The largest absolute Gasteiger partial charge is 0.322 e. The zero-order valence-electron chi connectivity index (χ0n) is 13.7. The zero-order chi connectivity index (χ0) is 17.2. The van der Waals surface area contributed by atoms with Crippen molar-refractivity contribution in [3.05, 3.63) is 83.9 Å². The van der Waals surface area contributed by atoms with Gasteiger partial charge in [0.2, 0.25) is 0 Å². The normalized spacial score (nSPS) is 10.8. The van der Waals surface area contributed by atoms with Crippen LogP contribution < -0.4 is 5.32 Å². The highest BCUT2D eigenvalue weighted by molar-refractivity contribution is 7.21. The summed E-state index contributed by atoms with van der Waals surface area (Å²) in [5.74, 6) is -0.110. The molecule has 1 heterocycles. The van der Waals surface area contributed by atoms with Crippen LogP contribution in [-0.4, -0.2) is 10.9 Å². The van der Waals surface area contributed by atoms with Gasteiger partial charge < -0.3 is 5.32 Å². The Bertz CT molecular complexity index is 1020. The molecule has 3 nitrogen and oxygen atoms in total. The fourth-order valence-corrected chi connectivity index (χ4v) is 3.60. The predicted molar refractivity (Wildman–Crippen MR) is 104 cm³/mol. The van der Waals surface area contributed by atoms with E-state index in [1.807, 2.05) is 73.7 Å². The van der Waals surface area contributed by atoms with Crippen LogP contribution in [0.25, 0.3) is 20.8 Å². The van der Waals surface area contributed by atoms with Crippen LogP contribution in [0.1, 0.15) is 15.9 Å². The van der Waals surface area contributed by atoms with E-state index in [1.54, 1.807) is 11.3 Å². The number of anilines is 1. The molecule has 0 aliphatic carbocycles. The molecule has 122 valence electrons. The summed E-state index contributed by atoms with van der Waals surface area (Å²) < 4.78 is 1.16. The fraction of sp³-hybridized carbons (Fsp3) is 0.0476. The summed E-state index contributed by atoms with van der Waals surface area (Å²) >= 11 is 1.65. The van der Waals surface area contributed by atoms with E-state index in [-0.39, 0.29) is 5.91 Å². The molecule has 0 radical (unpaired) electrons. The molecule has 0 bridgehead atoms. The van der Waals surface area contributed by atoms with Crippen molar-refractivity contribution < 1.29 is 4.79 Å². The van der Waals surface area contributed by atoms with Crippen molar-refractivity contribution >= 4 is 33.1 Å². The number of carbonyl (C=O) groups is 1. The third-order valence-electron chi connectivity index (χ3n) is 3.98. The van der Waals surface area contributed by atoms with E-state index >= 15 is 0 Å². The van der Waals surface area contributed by atoms with E-state index < -0.39 is 0 Å². The van der Waals surface area contributed by atoms with Gasteiger partial charge in [0, 0.05) is 16.8 Å². The van der Waals surface area contributed by atoms with Gasteiger partial charge >= 0.3 is 0 Å². The molecule has 4 heteroatoms. The molecular formula is C21H16N2OS. The molecule has 0 saturated carbocycles. The Balaban J connectivity index is 1.60. The lowest BCUT2D eigenvalue weighted by atomic mass is 10.1. The minimum Gasteiger partial charge on any atom is -0.322 e. The second kappa shape index (κ2) is 6.49. The van der Waals surface area contributed by atoms with Crippen molar-refractivity contribution in [2.45, 2.75) is 6.92 Å². The maximum atomic E-state index is 12.4. The van der Waals surface area contributed by atoms with Gasteiger partial charge in [-0.15, -0.1) is 11.3 Å². The number of carbonyl (C=O) groups excluding carboxylic acids is 1. The molecule has 4 aromatic rings. The first-order chi connectivity index (χ1) is 12.2. The topological polar surface area (TPSA) is 42.0 Å². The average molecular weight is 344 g/mol. The maximum Gasteiger partial charge on any atom is 0.255 e. The van der Waals surface area contributed by atoms with Crippen LogP contribution in [0.2, 0.25) is 0 Å². The molecule has 1 aromatic heterocycles. The molecule has 4 rings (SSSR count). The van der Waals surface area contributed by atoms with Crippen molar-refractivity contribution in [3.63, 3.8) is 0 Å². The van der Waals surface area contributed by atoms with Crippen LogP contribution in [-0.2, 0) is 0 Å². The van der Waals surface area contributed by atoms with Crippen LogP contribution in [0.4, 0.5) is 5.69 Å². The first-order valence-electron chi connectivity index (χ1n) is 8.03. The molecule has 0 saturated heterocycles. The highest BCUT2D eigenvalue weighted by Gasteiger charge is 2.09. The highest BCUT2D eigenvalue weighted by Crippen LogP contribution is 2.31. The van der Waals surface area contributed by atoms with Crippen molar-refractivity contribution in [1.82, 2.24) is 4.98 Å². The number of aromatic nitrogens is 1. The van der Waals surface area contributed by atoms with Gasteiger partial charge in [-0.3, -0.25) is 4.79 Å². The minimum absolute atomic E-state index is 0.110. The first kappa shape index (κ1) is 15.5. The van der Waals surface area contributed by atoms with Crippen molar-refractivity contribution in [2.24, 2.45) is 0 Å². The Hall–Kier alpha value is -2.98. The van der Waals surface area contributed by atoms with Gasteiger partial charge in [-0.2, -0.15) is 0 Å². The molecule has 1 N–H and O–H groups in total. The SMILES string of the molecule is Cc1ccc(C(=O)Nc2cccc(-c3nc4ccccc4s3)c2)cc1. The maximum absolute atomic E-state index is 12.4. The van der Waals surface area contributed by atoms with E-state index in [0.717, 1.165) is 32.0 Å². The minimum atomic E-state index is -0.110. The van der Waals surface area contributed by atoms with Gasteiger partial charge in [-0.1, -0.05) is 42.0 Å². The summed E-state index contributed by atoms with van der Waals surface area (Å²) in [4.78, 5) is 17.1. The van der Waals surface area contributed by atoms with Crippen LogP contribution in [0.3, 0.4) is 0 Å². The number of thiazole rings is 1. The van der Waals surface area contributed by atoms with Crippen LogP contribution >= 0.6 is 11.3 Å². The predicted octanol–water partition coefficient (Wildman–Crippen LogP) is 5.52. The lowest BCUT2D eigenvalue weighted by Crippen LogP contribution is -2.11. The molecule has 0 unspecified atom stereocenters. The number of rotatable bonds is 3. The van der Waals surface area contributed by atoms with Crippen molar-refractivity contribution in [1.29, 1.82) is 0 Å².